The second-order valence-electron chi connectivity index (χ2n) is 6.58. The lowest BCUT2D eigenvalue weighted by Gasteiger charge is -2.48. The quantitative estimate of drug-likeness (QED) is 0.814. The summed E-state index contributed by atoms with van der Waals surface area (Å²) in [5, 5.41) is 9.58. The molecule has 0 aliphatic carbocycles. The Labute approximate surface area is 151 Å². The van der Waals surface area contributed by atoms with Crippen LogP contribution in [0.2, 0.25) is 10.0 Å². The van der Waals surface area contributed by atoms with Crippen LogP contribution in [0.5, 0.6) is 5.88 Å². The van der Waals surface area contributed by atoms with Crippen molar-refractivity contribution in [2.45, 2.75) is 31.9 Å². The van der Waals surface area contributed by atoms with Crippen molar-refractivity contribution in [1.82, 2.24) is 15.1 Å². The van der Waals surface area contributed by atoms with Crippen LogP contribution in [0.25, 0.3) is 11.3 Å². The average Bonchev–Trinajstić information content (AvgIpc) is 2.61. The number of benzene rings is 1. The van der Waals surface area contributed by atoms with Gasteiger partial charge in [-0.05, 0) is 57.0 Å². The first-order valence-corrected chi connectivity index (χ1v) is 9.07. The van der Waals surface area contributed by atoms with Gasteiger partial charge in [0.25, 0.3) is 0 Å². The molecule has 3 saturated heterocycles. The highest BCUT2D eigenvalue weighted by atomic mass is 35.5. The summed E-state index contributed by atoms with van der Waals surface area (Å²) >= 11 is 12.0. The summed E-state index contributed by atoms with van der Waals surface area (Å²) in [6, 6.07) is 9.68. The van der Waals surface area contributed by atoms with Gasteiger partial charge in [-0.1, -0.05) is 29.3 Å². The second-order valence-corrected chi connectivity index (χ2v) is 7.40. The molecule has 3 fully saturated rings. The Morgan fingerprint density at radius 3 is 2.46 bits per heavy atom. The topological polar surface area (TPSA) is 38.3 Å². The molecule has 4 nitrogen and oxygen atoms in total. The molecule has 0 amide bonds. The zero-order chi connectivity index (χ0) is 16.7. The fourth-order valence-corrected chi connectivity index (χ4v) is 4.08. The van der Waals surface area contributed by atoms with E-state index in [0.29, 0.717) is 27.9 Å². The standard InChI is InChI=1S/C18H19Cl2N3O/c1-11-18(12-6-8-23(11)9-7-12)24-17-5-4-16(21-22-17)13-2-3-14(19)15(20)10-13/h2-5,10-12,18H,6-9H2,1H3. The molecule has 1 aromatic carbocycles. The Hall–Kier alpha value is -1.36. The zero-order valence-electron chi connectivity index (χ0n) is 13.5. The van der Waals surface area contributed by atoms with Crippen LogP contribution in [0.4, 0.5) is 0 Å². The molecule has 3 aliphatic heterocycles. The fourth-order valence-electron chi connectivity index (χ4n) is 3.78. The molecule has 2 unspecified atom stereocenters. The van der Waals surface area contributed by atoms with Crippen molar-refractivity contribution in [1.29, 1.82) is 0 Å². The molecule has 2 bridgehead atoms. The summed E-state index contributed by atoms with van der Waals surface area (Å²) in [5.41, 5.74) is 1.64. The molecule has 0 saturated carbocycles. The third-order valence-electron chi connectivity index (χ3n) is 5.20. The van der Waals surface area contributed by atoms with Crippen molar-refractivity contribution in [3.05, 3.63) is 40.4 Å². The first-order chi connectivity index (χ1) is 11.6. The SMILES string of the molecule is CC1C(Oc2ccc(-c3ccc(Cl)c(Cl)c3)nn2)C2CCN1CC2. The summed E-state index contributed by atoms with van der Waals surface area (Å²) in [4.78, 5) is 2.50. The number of fused-ring (bicyclic) bond motifs is 3. The third-order valence-corrected chi connectivity index (χ3v) is 5.94. The van der Waals surface area contributed by atoms with E-state index in [1.54, 1.807) is 12.1 Å². The Kier molecular flexibility index (Phi) is 4.37. The van der Waals surface area contributed by atoms with Crippen LogP contribution < -0.4 is 4.74 Å². The van der Waals surface area contributed by atoms with E-state index in [-0.39, 0.29) is 6.10 Å². The van der Waals surface area contributed by atoms with Crippen LogP contribution in [0.15, 0.2) is 30.3 Å². The van der Waals surface area contributed by atoms with Gasteiger partial charge in [0, 0.05) is 17.7 Å². The van der Waals surface area contributed by atoms with Crippen molar-refractivity contribution in [3.63, 3.8) is 0 Å². The molecule has 3 aliphatic rings. The summed E-state index contributed by atoms with van der Waals surface area (Å²) in [6.07, 6.45) is 2.63. The van der Waals surface area contributed by atoms with Gasteiger partial charge in [0.1, 0.15) is 6.10 Å². The van der Waals surface area contributed by atoms with Crippen molar-refractivity contribution < 1.29 is 4.74 Å². The number of hydrogen-bond donors (Lipinski definition) is 0. The van der Waals surface area contributed by atoms with Crippen molar-refractivity contribution in [2.24, 2.45) is 5.92 Å². The number of hydrogen-bond acceptors (Lipinski definition) is 4. The lowest BCUT2D eigenvalue weighted by molar-refractivity contribution is -0.0528. The molecular weight excluding hydrogens is 345 g/mol. The minimum Gasteiger partial charge on any atom is -0.471 e. The van der Waals surface area contributed by atoms with Gasteiger partial charge in [-0.25, -0.2) is 0 Å². The Bertz CT molecular complexity index is 728. The summed E-state index contributed by atoms with van der Waals surface area (Å²) in [6.45, 7) is 4.62. The van der Waals surface area contributed by atoms with E-state index in [1.807, 2.05) is 18.2 Å². The number of ether oxygens (including phenoxy) is 1. The average molecular weight is 364 g/mol. The molecule has 0 N–H and O–H groups in total. The van der Waals surface area contributed by atoms with Gasteiger partial charge in [0.2, 0.25) is 5.88 Å². The predicted molar refractivity (Wildman–Crippen MR) is 95.7 cm³/mol. The maximum absolute atomic E-state index is 6.17. The number of piperidine rings is 3. The van der Waals surface area contributed by atoms with E-state index in [0.717, 1.165) is 11.3 Å². The molecule has 5 rings (SSSR count). The molecule has 24 heavy (non-hydrogen) atoms. The molecule has 6 heteroatoms. The number of rotatable bonds is 3. The highest BCUT2D eigenvalue weighted by Crippen LogP contribution is 2.34. The maximum atomic E-state index is 6.17. The molecule has 4 heterocycles. The number of aromatic nitrogens is 2. The summed E-state index contributed by atoms with van der Waals surface area (Å²) in [7, 11) is 0. The maximum Gasteiger partial charge on any atom is 0.233 e. The van der Waals surface area contributed by atoms with E-state index in [2.05, 4.69) is 22.0 Å². The van der Waals surface area contributed by atoms with E-state index < -0.39 is 0 Å². The summed E-state index contributed by atoms with van der Waals surface area (Å²) in [5.74, 6) is 1.21. The normalized spacial score (nSPS) is 28.8. The van der Waals surface area contributed by atoms with E-state index in [1.165, 1.54) is 25.9 Å². The van der Waals surface area contributed by atoms with Gasteiger partial charge >= 0.3 is 0 Å². The number of nitrogens with zero attached hydrogens (tertiary/aromatic N) is 3. The highest BCUT2D eigenvalue weighted by Gasteiger charge is 2.41. The lowest BCUT2D eigenvalue weighted by atomic mass is 9.81. The Morgan fingerprint density at radius 2 is 1.83 bits per heavy atom. The predicted octanol–water partition coefficient (Wildman–Crippen LogP) is 4.31. The highest BCUT2D eigenvalue weighted by molar-refractivity contribution is 6.42. The fraction of sp³-hybridized carbons (Fsp3) is 0.444. The van der Waals surface area contributed by atoms with Crippen molar-refractivity contribution >= 4 is 23.2 Å². The van der Waals surface area contributed by atoms with Crippen LogP contribution in [0.1, 0.15) is 19.8 Å². The molecule has 126 valence electrons. The van der Waals surface area contributed by atoms with Gasteiger partial charge in [-0.3, -0.25) is 4.90 Å². The van der Waals surface area contributed by atoms with Crippen LogP contribution in [0.3, 0.4) is 0 Å². The summed E-state index contributed by atoms with van der Waals surface area (Å²) < 4.78 is 6.17. The largest absolute Gasteiger partial charge is 0.471 e. The minimum absolute atomic E-state index is 0.206. The van der Waals surface area contributed by atoms with Crippen LogP contribution >= 0.6 is 23.2 Å². The Morgan fingerprint density at radius 1 is 1.04 bits per heavy atom. The van der Waals surface area contributed by atoms with Gasteiger partial charge < -0.3 is 4.74 Å². The van der Waals surface area contributed by atoms with E-state index in [9.17, 15) is 0 Å². The van der Waals surface area contributed by atoms with Gasteiger partial charge in [0.05, 0.1) is 15.7 Å². The van der Waals surface area contributed by atoms with E-state index in [4.69, 9.17) is 27.9 Å². The Balaban J connectivity index is 1.50. The monoisotopic (exact) mass is 363 g/mol. The smallest absolute Gasteiger partial charge is 0.233 e. The van der Waals surface area contributed by atoms with Crippen molar-refractivity contribution in [2.75, 3.05) is 13.1 Å². The molecule has 2 aromatic rings. The first kappa shape index (κ1) is 16.1. The second kappa shape index (κ2) is 6.51. The van der Waals surface area contributed by atoms with Crippen LogP contribution in [-0.4, -0.2) is 40.3 Å². The van der Waals surface area contributed by atoms with Gasteiger partial charge in [-0.15, -0.1) is 10.2 Å². The van der Waals surface area contributed by atoms with Crippen molar-refractivity contribution in [3.8, 4) is 17.1 Å². The lowest BCUT2D eigenvalue weighted by Crippen LogP contribution is -2.58. The first-order valence-electron chi connectivity index (χ1n) is 8.31. The molecule has 2 atom stereocenters. The van der Waals surface area contributed by atoms with Crippen LogP contribution in [-0.2, 0) is 0 Å². The number of halogens is 2. The molecule has 0 spiro atoms. The van der Waals surface area contributed by atoms with E-state index >= 15 is 0 Å². The van der Waals surface area contributed by atoms with Gasteiger partial charge in [0.15, 0.2) is 0 Å². The molecule has 1 aromatic heterocycles. The third kappa shape index (κ3) is 2.99. The minimum atomic E-state index is 0.206. The molecular formula is C18H19Cl2N3O. The molecule has 0 radical (unpaired) electrons. The van der Waals surface area contributed by atoms with Gasteiger partial charge in [-0.2, -0.15) is 0 Å². The zero-order valence-corrected chi connectivity index (χ0v) is 15.0. The van der Waals surface area contributed by atoms with Crippen LogP contribution in [0, 0.1) is 5.92 Å².